The van der Waals surface area contributed by atoms with Crippen LogP contribution in [-0.2, 0) is 4.74 Å². The zero-order valence-corrected chi connectivity index (χ0v) is 10.5. The standard InChI is InChI=1S/C12H17NO5/c1-3-17-7-10(14)8-18-12-6-9(2)4-5-11(12)13(15)16/h4-6,10,14H,3,7-8H2,1-2H3/t10-/m1/s1. The highest BCUT2D eigenvalue weighted by Crippen LogP contribution is 2.27. The second-order valence-corrected chi connectivity index (χ2v) is 3.85. The average Bonchev–Trinajstić information content (AvgIpc) is 2.33. The molecular weight excluding hydrogens is 238 g/mol. The van der Waals surface area contributed by atoms with Crippen LogP contribution < -0.4 is 4.74 Å². The van der Waals surface area contributed by atoms with Gasteiger partial charge in [-0.2, -0.15) is 0 Å². The summed E-state index contributed by atoms with van der Waals surface area (Å²) in [4.78, 5) is 10.3. The number of rotatable bonds is 7. The summed E-state index contributed by atoms with van der Waals surface area (Å²) in [5, 5.41) is 20.3. The summed E-state index contributed by atoms with van der Waals surface area (Å²) in [7, 11) is 0. The van der Waals surface area contributed by atoms with Gasteiger partial charge in [0.15, 0.2) is 5.75 Å². The van der Waals surface area contributed by atoms with E-state index in [0.717, 1.165) is 5.56 Å². The van der Waals surface area contributed by atoms with Crippen molar-refractivity contribution in [3.05, 3.63) is 33.9 Å². The van der Waals surface area contributed by atoms with E-state index in [-0.39, 0.29) is 24.7 Å². The van der Waals surface area contributed by atoms with Crippen LogP contribution >= 0.6 is 0 Å². The molecule has 1 N–H and O–H groups in total. The van der Waals surface area contributed by atoms with Crippen molar-refractivity contribution in [2.24, 2.45) is 0 Å². The minimum atomic E-state index is -0.801. The van der Waals surface area contributed by atoms with E-state index in [0.29, 0.717) is 6.61 Å². The lowest BCUT2D eigenvalue weighted by molar-refractivity contribution is -0.385. The van der Waals surface area contributed by atoms with Gasteiger partial charge >= 0.3 is 5.69 Å². The van der Waals surface area contributed by atoms with E-state index < -0.39 is 11.0 Å². The van der Waals surface area contributed by atoms with Gasteiger partial charge in [0.25, 0.3) is 0 Å². The molecule has 0 aliphatic heterocycles. The Balaban J connectivity index is 2.65. The first-order valence-corrected chi connectivity index (χ1v) is 5.68. The van der Waals surface area contributed by atoms with Gasteiger partial charge < -0.3 is 14.6 Å². The van der Waals surface area contributed by atoms with Gasteiger partial charge in [0.1, 0.15) is 12.7 Å². The summed E-state index contributed by atoms with van der Waals surface area (Å²) in [5.41, 5.74) is 0.749. The molecule has 1 rings (SSSR count). The molecule has 0 amide bonds. The number of aliphatic hydroxyl groups excluding tert-OH is 1. The highest BCUT2D eigenvalue weighted by Gasteiger charge is 2.16. The maximum atomic E-state index is 10.8. The Bertz CT molecular complexity index is 407. The van der Waals surface area contributed by atoms with Crippen LogP contribution in [0.5, 0.6) is 5.75 Å². The van der Waals surface area contributed by atoms with Crippen molar-refractivity contribution in [3.8, 4) is 5.75 Å². The average molecular weight is 255 g/mol. The Labute approximate surface area is 105 Å². The Morgan fingerprint density at radius 3 is 2.78 bits per heavy atom. The maximum Gasteiger partial charge on any atom is 0.310 e. The van der Waals surface area contributed by atoms with Crippen LogP contribution in [0.25, 0.3) is 0 Å². The normalized spacial score (nSPS) is 12.2. The van der Waals surface area contributed by atoms with Gasteiger partial charge in [-0.3, -0.25) is 10.1 Å². The number of aliphatic hydroxyl groups is 1. The van der Waals surface area contributed by atoms with Crippen molar-refractivity contribution >= 4 is 5.69 Å². The lowest BCUT2D eigenvalue weighted by Crippen LogP contribution is -2.23. The highest BCUT2D eigenvalue weighted by atomic mass is 16.6. The van der Waals surface area contributed by atoms with E-state index in [1.807, 2.05) is 13.8 Å². The molecule has 0 aromatic heterocycles. The lowest BCUT2D eigenvalue weighted by Gasteiger charge is -2.12. The number of hydrogen-bond acceptors (Lipinski definition) is 5. The third-order valence-electron chi connectivity index (χ3n) is 2.26. The molecule has 1 aromatic rings. The second-order valence-electron chi connectivity index (χ2n) is 3.85. The summed E-state index contributed by atoms with van der Waals surface area (Å²) in [6.07, 6.45) is -0.801. The van der Waals surface area contributed by atoms with Crippen LogP contribution in [0, 0.1) is 17.0 Å². The van der Waals surface area contributed by atoms with E-state index in [1.54, 1.807) is 12.1 Å². The van der Waals surface area contributed by atoms with Crippen molar-refractivity contribution < 1.29 is 19.5 Å². The first-order chi connectivity index (χ1) is 8.54. The van der Waals surface area contributed by atoms with E-state index in [2.05, 4.69) is 0 Å². The molecule has 6 nitrogen and oxygen atoms in total. The summed E-state index contributed by atoms with van der Waals surface area (Å²) < 4.78 is 10.3. The Morgan fingerprint density at radius 1 is 1.44 bits per heavy atom. The minimum absolute atomic E-state index is 0.0374. The van der Waals surface area contributed by atoms with Gasteiger partial charge in [0.2, 0.25) is 0 Å². The molecular formula is C12H17NO5. The van der Waals surface area contributed by atoms with Crippen LogP contribution in [-0.4, -0.2) is 36.0 Å². The van der Waals surface area contributed by atoms with Gasteiger partial charge in [0.05, 0.1) is 11.5 Å². The number of hydrogen-bond donors (Lipinski definition) is 1. The molecule has 6 heteroatoms. The molecule has 1 aromatic carbocycles. The molecule has 0 heterocycles. The fourth-order valence-corrected chi connectivity index (χ4v) is 1.38. The molecule has 1 atom stereocenters. The number of benzene rings is 1. The van der Waals surface area contributed by atoms with Crippen molar-refractivity contribution in [1.82, 2.24) is 0 Å². The second kappa shape index (κ2) is 6.93. The molecule has 100 valence electrons. The number of aryl methyl sites for hydroxylation is 1. The van der Waals surface area contributed by atoms with Crippen molar-refractivity contribution in [2.75, 3.05) is 19.8 Å². The summed E-state index contributed by atoms with van der Waals surface area (Å²) in [6, 6.07) is 4.60. The van der Waals surface area contributed by atoms with E-state index >= 15 is 0 Å². The fourth-order valence-electron chi connectivity index (χ4n) is 1.38. The quantitative estimate of drug-likeness (QED) is 0.592. The van der Waals surface area contributed by atoms with Crippen LogP contribution in [0.15, 0.2) is 18.2 Å². The minimum Gasteiger partial charge on any atom is -0.484 e. The fraction of sp³-hybridized carbons (Fsp3) is 0.500. The van der Waals surface area contributed by atoms with Crippen LogP contribution in [0.3, 0.4) is 0 Å². The summed E-state index contributed by atoms with van der Waals surface area (Å²) >= 11 is 0. The number of ether oxygens (including phenoxy) is 2. The van der Waals surface area contributed by atoms with E-state index in [9.17, 15) is 15.2 Å². The lowest BCUT2D eigenvalue weighted by atomic mass is 10.2. The molecule has 0 aliphatic rings. The first kappa shape index (κ1) is 14.4. The molecule has 0 radical (unpaired) electrons. The van der Waals surface area contributed by atoms with Crippen molar-refractivity contribution in [1.29, 1.82) is 0 Å². The van der Waals surface area contributed by atoms with E-state index in [1.165, 1.54) is 6.07 Å². The predicted molar refractivity (Wildman–Crippen MR) is 65.8 cm³/mol. The molecule has 0 fully saturated rings. The molecule has 18 heavy (non-hydrogen) atoms. The van der Waals surface area contributed by atoms with Crippen LogP contribution in [0.1, 0.15) is 12.5 Å². The number of nitro groups is 1. The van der Waals surface area contributed by atoms with Crippen molar-refractivity contribution in [2.45, 2.75) is 20.0 Å². The summed E-state index contributed by atoms with van der Waals surface area (Å²) in [5.74, 6) is 0.163. The predicted octanol–water partition coefficient (Wildman–Crippen LogP) is 1.68. The monoisotopic (exact) mass is 255 g/mol. The molecule has 0 saturated carbocycles. The Morgan fingerprint density at radius 2 is 2.17 bits per heavy atom. The summed E-state index contributed by atoms with van der Waals surface area (Å²) in [6.45, 7) is 4.24. The third-order valence-corrected chi connectivity index (χ3v) is 2.26. The van der Waals surface area contributed by atoms with E-state index in [4.69, 9.17) is 9.47 Å². The Hall–Kier alpha value is -1.66. The van der Waals surface area contributed by atoms with Gasteiger partial charge in [-0.05, 0) is 25.5 Å². The number of nitro benzene ring substituents is 1. The molecule has 0 bridgehead atoms. The topological polar surface area (TPSA) is 81.8 Å². The molecule has 0 aliphatic carbocycles. The van der Waals surface area contributed by atoms with Gasteiger partial charge in [-0.1, -0.05) is 6.07 Å². The number of nitrogens with zero attached hydrogens (tertiary/aromatic N) is 1. The van der Waals surface area contributed by atoms with Gasteiger partial charge in [0, 0.05) is 12.7 Å². The van der Waals surface area contributed by atoms with Crippen LogP contribution in [0.4, 0.5) is 5.69 Å². The molecule has 0 unspecified atom stereocenters. The van der Waals surface area contributed by atoms with Gasteiger partial charge in [-0.15, -0.1) is 0 Å². The molecule has 0 spiro atoms. The molecule has 0 saturated heterocycles. The largest absolute Gasteiger partial charge is 0.484 e. The first-order valence-electron chi connectivity index (χ1n) is 5.68. The SMILES string of the molecule is CCOC[C@@H](O)COc1cc(C)ccc1[N+](=O)[O-]. The smallest absolute Gasteiger partial charge is 0.310 e. The van der Waals surface area contributed by atoms with Crippen molar-refractivity contribution in [3.63, 3.8) is 0 Å². The Kier molecular flexibility index (Phi) is 5.54. The zero-order chi connectivity index (χ0) is 13.5. The maximum absolute atomic E-state index is 10.8. The van der Waals surface area contributed by atoms with Crippen LogP contribution in [0.2, 0.25) is 0 Å². The third kappa shape index (κ3) is 4.31. The highest BCUT2D eigenvalue weighted by molar-refractivity contribution is 5.48. The van der Waals surface area contributed by atoms with Gasteiger partial charge in [-0.25, -0.2) is 0 Å². The zero-order valence-electron chi connectivity index (χ0n) is 10.5.